The quantitative estimate of drug-likeness (QED) is 0.541. The summed E-state index contributed by atoms with van der Waals surface area (Å²) >= 11 is 6.72. The molecule has 8 heteroatoms. The SMILES string of the molecule is CCC1CC1n1cc(Nc2ncc3cc(Cl)c(C4CCN(C5CCOC5)CC4)cc3n2)cn1. The van der Waals surface area contributed by atoms with Crippen LogP contribution in [-0.4, -0.2) is 57.0 Å². The van der Waals surface area contributed by atoms with Crippen LogP contribution in [0.4, 0.5) is 11.6 Å². The molecule has 2 saturated heterocycles. The summed E-state index contributed by atoms with van der Waals surface area (Å²) in [7, 11) is 0. The van der Waals surface area contributed by atoms with Crippen LogP contribution in [0, 0.1) is 5.92 Å². The molecule has 3 aromatic rings. The number of hydrogen-bond acceptors (Lipinski definition) is 6. The molecule has 33 heavy (non-hydrogen) atoms. The van der Waals surface area contributed by atoms with Crippen LogP contribution < -0.4 is 5.32 Å². The van der Waals surface area contributed by atoms with Gasteiger partial charge in [-0.3, -0.25) is 9.58 Å². The lowest BCUT2D eigenvalue weighted by atomic mass is 9.88. The number of likely N-dealkylation sites (tertiary alicyclic amines) is 1. The van der Waals surface area contributed by atoms with Gasteiger partial charge in [-0.05, 0) is 68.3 Å². The van der Waals surface area contributed by atoms with E-state index < -0.39 is 0 Å². The van der Waals surface area contributed by atoms with Crippen molar-refractivity contribution in [2.24, 2.45) is 5.92 Å². The van der Waals surface area contributed by atoms with E-state index in [1.165, 1.54) is 18.4 Å². The van der Waals surface area contributed by atoms with E-state index in [1.807, 2.05) is 18.5 Å². The zero-order valence-electron chi connectivity index (χ0n) is 19.1. The number of hydrogen-bond donors (Lipinski definition) is 1. The molecule has 6 rings (SSSR count). The van der Waals surface area contributed by atoms with Gasteiger partial charge in [0.15, 0.2) is 0 Å². The molecule has 0 spiro atoms. The first-order valence-corrected chi connectivity index (χ1v) is 12.6. The Balaban J connectivity index is 1.17. The van der Waals surface area contributed by atoms with Crippen molar-refractivity contribution in [3.63, 3.8) is 0 Å². The first-order chi connectivity index (χ1) is 16.2. The normalized spacial score (nSPS) is 26.2. The fourth-order valence-electron chi connectivity index (χ4n) is 5.53. The number of benzene rings is 1. The van der Waals surface area contributed by atoms with Crippen molar-refractivity contribution in [3.05, 3.63) is 41.3 Å². The number of ether oxygens (including phenoxy) is 1. The van der Waals surface area contributed by atoms with Crippen LogP contribution in [0.5, 0.6) is 0 Å². The number of fused-ring (bicyclic) bond motifs is 1. The Bertz CT molecular complexity index is 1140. The molecule has 3 fully saturated rings. The predicted molar refractivity (Wildman–Crippen MR) is 130 cm³/mol. The van der Waals surface area contributed by atoms with Crippen LogP contribution in [0.15, 0.2) is 30.7 Å². The third-order valence-corrected chi connectivity index (χ3v) is 8.02. The highest BCUT2D eigenvalue weighted by atomic mass is 35.5. The first-order valence-electron chi connectivity index (χ1n) is 12.3. The second-order valence-electron chi connectivity index (χ2n) is 9.76. The zero-order valence-corrected chi connectivity index (χ0v) is 19.8. The van der Waals surface area contributed by atoms with Gasteiger partial charge < -0.3 is 10.1 Å². The molecule has 1 aliphatic carbocycles. The molecule has 0 radical (unpaired) electrons. The molecule has 174 valence electrons. The van der Waals surface area contributed by atoms with E-state index in [2.05, 4.69) is 44.2 Å². The number of nitrogens with one attached hydrogen (secondary N) is 1. The number of nitrogens with zero attached hydrogens (tertiary/aromatic N) is 5. The average molecular weight is 467 g/mol. The van der Waals surface area contributed by atoms with Crippen molar-refractivity contribution < 1.29 is 4.74 Å². The average Bonchev–Trinajstić information content (AvgIpc) is 3.19. The second kappa shape index (κ2) is 8.85. The largest absolute Gasteiger partial charge is 0.380 e. The highest BCUT2D eigenvalue weighted by Gasteiger charge is 2.37. The minimum absolute atomic E-state index is 0.468. The van der Waals surface area contributed by atoms with E-state index in [0.29, 0.717) is 23.9 Å². The molecule has 1 saturated carbocycles. The summed E-state index contributed by atoms with van der Waals surface area (Å²) in [6.07, 6.45) is 11.6. The monoisotopic (exact) mass is 466 g/mol. The summed E-state index contributed by atoms with van der Waals surface area (Å²) in [5.41, 5.74) is 3.07. The number of halogens is 1. The fourth-order valence-corrected chi connectivity index (χ4v) is 5.86. The summed E-state index contributed by atoms with van der Waals surface area (Å²) in [6, 6.07) is 5.32. The lowest BCUT2D eigenvalue weighted by Gasteiger charge is -2.35. The van der Waals surface area contributed by atoms with Gasteiger partial charge in [-0.2, -0.15) is 5.10 Å². The molecule has 3 aliphatic rings. The minimum atomic E-state index is 0.468. The molecule has 1 aromatic carbocycles. The highest BCUT2D eigenvalue weighted by molar-refractivity contribution is 6.32. The molecular weight excluding hydrogens is 436 g/mol. The maximum atomic E-state index is 6.72. The topological polar surface area (TPSA) is 68.1 Å². The number of anilines is 2. The molecular formula is C25H31ClN6O. The van der Waals surface area contributed by atoms with Gasteiger partial charge in [0.2, 0.25) is 5.95 Å². The number of rotatable bonds is 6. The molecule has 4 heterocycles. The summed E-state index contributed by atoms with van der Waals surface area (Å²) in [5.74, 6) is 1.82. The van der Waals surface area contributed by atoms with Crippen LogP contribution in [0.3, 0.4) is 0 Å². The van der Waals surface area contributed by atoms with Gasteiger partial charge >= 0.3 is 0 Å². The van der Waals surface area contributed by atoms with Gasteiger partial charge in [0, 0.05) is 35.5 Å². The molecule has 2 aromatic heterocycles. The van der Waals surface area contributed by atoms with Gasteiger partial charge in [-0.1, -0.05) is 24.9 Å². The van der Waals surface area contributed by atoms with Gasteiger partial charge in [0.25, 0.3) is 0 Å². The Labute approximate surface area is 199 Å². The maximum Gasteiger partial charge on any atom is 0.227 e. The summed E-state index contributed by atoms with van der Waals surface area (Å²) in [4.78, 5) is 11.9. The first kappa shape index (κ1) is 21.3. The standard InChI is InChI=1S/C25H31ClN6O/c1-2-16-10-24(16)32-14-19(13-28-32)29-25-27-12-18-9-22(26)21(11-23(18)30-25)17-3-6-31(7-4-17)20-5-8-33-15-20/h9,11-14,16-17,20,24H,2-8,10,15H2,1H3,(H,27,29,30). The van der Waals surface area contributed by atoms with Crippen molar-refractivity contribution in [1.29, 1.82) is 0 Å². The summed E-state index contributed by atoms with van der Waals surface area (Å²) in [6.45, 7) is 6.23. The predicted octanol–water partition coefficient (Wildman–Crippen LogP) is 5.16. The smallest absolute Gasteiger partial charge is 0.227 e. The minimum Gasteiger partial charge on any atom is -0.380 e. The van der Waals surface area contributed by atoms with E-state index in [0.717, 1.165) is 73.1 Å². The summed E-state index contributed by atoms with van der Waals surface area (Å²) in [5, 5.41) is 9.64. The van der Waals surface area contributed by atoms with Crippen LogP contribution in [0.2, 0.25) is 5.02 Å². The molecule has 3 unspecified atom stereocenters. The molecule has 0 amide bonds. The third-order valence-electron chi connectivity index (χ3n) is 7.70. The molecule has 3 atom stereocenters. The molecule has 2 aliphatic heterocycles. The molecule has 1 N–H and O–H groups in total. The zero-order chi connectivity index (χ0) is 22.4. The van der Waals surface area contributed by atoms with E-state index in [-0.39, 0.29) is 0 Å². The van der Waals surface area contributed by atoms with Crippen molar-refractivity contribution in [3.8, 4) is 0 Å². The van der Waals surface area contributed by atoms with Crippen molar-refractivity contribution in [2.45, 2.75) is 57.0 Å². The Morgan fingerprint density at radius 2 is 2.06 bits per heavy atom. The lowest BCUT2D eigenvalue weighted by molar-refractivity contribution is 0.122. The fraction of sp³-hybridized carbons (Fsp3) is 0.560. The Morgan fingerprint density at radius 3 is 2.82 bits per heavy atom. The van der Waals surface area contributed by atoms with Gasteiger partial charge in [-0.15, -0.1) is 0 Å². The highest BCUT2D eigenvalue weighted by Crippen LogP contribution is 2.45. The number of piperidine rings is 1. The van der Waals surface area contributed by atoms with E-state index in [1.54, 1.807) is 0 Å². The van der Waals surface area contributed by atoms with E-state index in [4.69, 9.17) is 21.3 Å². The molecule has 0 bridgehead atoms. The maximum absolute atomic E-state index is 6.72. The third kappa shape index (κ3) is 4.34. The lowest BCUT2D eigenvalue weighted by Crippen LogP contribution is -2.41. The summed E-state index contributed by atoms with van der Waals surface area (Å²) < 4.78 is 7.65. The van der Waals surface area contributed by atoms with E-state index in [9.17, 15) is 0 Å². The Morgan fingerprint density at radius 1 is 1.18 bits per heavy atom. The van der Waals surface area contributed by atoms with Crippen molar-refractivity contribution in [1.82, 2.24) is 24.6 Å². The van der Waals surface area contributed by atoms with Crippen LogP contribution in [0.25, 0.3) is 10.9 Å². The van der Waals surface area contributed by atoms with Gasteiger partial charge in [0.1, 0.15) is 0 Å². The van der Waals surface area contributed by atoms with Gasteiger partial charge in [0.05, 0.1) is 30.0 Å². The molecule has 7 nitrogen and oxygen atoms in total. The van der Waals surface area contributed by atoms with Crippen LogP contribution >= 0.6 is 11.6 Å². The second-order valence-corrected chi connectivity index (χ2v) is 10.2. The van der Waals surface area contributed by atoms with Crippen molar-refractivity contribution in [2.75, 3.05) is 31.6 Å². The Kier molecular flexibility index (Phi) is 5.72. The Hall–Kier alpha value is -2.22. The van der Waals surface area contributed by atoms with E-state index >= 15 is 0 Å². The van der Waals surface area contributed by atoms with Crippen LogP contribution in [0.1, 0.15) is 56.6 Å². The van der Waals surface area contributed by atoms with Crippen LogP contribution in [-0.2, 0) is 4.74 Å². The van der Waals surface area contributed by atoms with Crippen molar-refractivity contribution >= 4 is 34.1 Å². The van der Waals surface area contributed by atoms with Gasteiger partial charge in [-0.25, -0.2) is 9.97 Å². The number of aromatic nitrogens is 4.